The fourth-order valence-electron chi connectivity index (χ4n) is 5.67. The quantitative estimate of drug-likeness (QED) is 0.240. The molecule has 0 saturated carbocycles. The second kappa shape index (κ2) is 10.5. The van der Waals surface area contributed by atoms with E-state index in [1.807, 2.05) is 18.5 Å². The zero-order valence-corrected chi connectivity index (χ0v) is 22.0. The molecule has 6 aromatic rings. The monoisotopic (exact) mass is 528 g/mol. The second-order valence-corrected chi connectivity index (χ2v) is 10.5. The second-order valence-electron chi connectivity index (χ2n) is 10.5. The molecule has 0 unspecified atom stereocenters. The van der Waals surface area contributed by atoms with E-state index in [2.05, 4.69) is 74.4 Å². The van der Waals surface area contributed by atoms with Gasteiger partial charge in [0.25, 0.3) is 0 Å². The van der Waals surface area contributed by atoms with Crippen molar-refractivity contribution in [1.82, 2.24) is 29.8 Å². The van der Waals surface area contributed by atoms with Crippen molar-refractivity contribution in [2.45, 2.75) is 25.3 Å². The third-order valence-corrected chi connectivity index (χ3v) is 7.81. The minimum Gasteiger partial charge on any atom is -0.345 e. The lowest BCUT2D eigenvalue weighted by molar-refractivity contribution is 0.202. The van der Waals surface area contributed by atoms with Gasteiger partial charge in [0.05, 0.1) is 16.7 Å². The van der Waals surface area contributed by atoms with Crippen LogP contribution >= 0.6 is 0 Å². The maximum absolute atomic E-state index is 13.6. The molecule has 7 heteroatoms. The summed E-state index contributed by atoms with van der Waals surface area (Å²) >= 11 is 0. The molecule has 0 radical (unpaired) electrons. The van der Waals surface area contributed by atoms with Crippen LogP contribution in [0.1, 0.15) is 30.1 Å². The third-order valence-electron chi connectivity index (χ3n) is 7.81. The van der Waals surface area contributed by atoms with E-state index in [4.69, 9.17) is 9.97 Å². The highest BCUT2D eigenvalue weighted by Crippen LogP contribution is 2.34. The largest absolute Gasteiger partial charge is 0.345 e. The molecule has 0 aliphatic carbocycles. The first kappa shape index (κ1) is 24.4. The van der Waals surface area contributed by atoms with Gasteiger partial charge in [0.2, 0.25) is 0 Å². The van der Waals surface area contributed by atoms with Gasteiger partial charge in [0.1, 0.15) is 17.5 Å². The summed E-state index contributed by atoms with van der Waals surface area (Å²) in [5.74, 6) is 1.93. The Balaban J connectivity index is 1.06. The summed E-state index contributed by atoms with van der Waals surface area (Å²) in [6.45, 7) is 2.92. The lowest BCUT2D eigenvalue weighted by Crippen LogP contribution is -2.32. The van der Waals surface area contributed by atoms with Crippen LogP contribution < -0.4 is 0 Å². The van der Waals surface area contributed by atoms with E-state index in [-0.39, 0.29) is 5.82 Å². The summed E-state index contributed by atoms with van der Waals surface area (Å²) in [6.07, 6.45) is 7.54. The molecule has 0 spiro atoms. The summed E-state index contributed by atoms with van der Waals surface area (Å²) in [7, 11) is 0. The van der Waals surface area contributed by atoms with E-state index < -0.39 is 0 Å². The predicted molar refractivity (Wildman–Crippen MR) is 156 cm³/mol. The number of benzene rings is 3. The first-order valence-electron chi connectivity index (χ1n) is 13.7. The Morgan fingerprint density at radius 2 is 1.68 bits per heavy atom. The molecule has 7 rings (SSSR count). The van der Waals surface area contributed by atoms with Gasteiger partial charge in [-0.25, -0.2) is 14.4 Å². The Kier molecular flexibility index (Phi) is 6.42. The Morgan fingerprint density at radius 3 is 2.45 bits per heavy atom. The number of nitrogens with one attached hydrogen (secondary N) is 2. The molecule has 1 aliphatic rings. The highest BCUT2D eigenvalue weighted by molar-refractivity contribution is 5.83. The van der Waals surface area contributed by atoms with Crippen molar-refractivity contribution in [3.05, 3.63) is 115 Å². The van der Waals surface area contributed by atoms with Gasteiger partial charge < -0.3 is 9.97 Å². The highest BCUT2D eigenvalue weighted by atomic mass is 19.1. The van der Waals surface area contributed by atoms with Crippen LogP contribution in [0.25, 0.3) is 44.8 Å². The number of H-pyrrole nitrogens is 2. The van der Waals surface area contributed by atoms with Gasteiger partial charge in [0.15, 0.2) is 0 Å². The van der Waals surface area contributed by atoms with Crippen LogP contribution in [0.3, 0.4) is 0 Å². The van der Waals surface area contributed by atoms with Crippen LogP contribution in [-0.2, 0) is 6.54 Å². The van der Waals surface area contributed by atoms with Crippen LogP contribution in [-0.4, -0.2) is 42.9 Å². The van der Waals surface area contributed by atoms with Gasteiger partial charge in [-0.3, -0.25) is 9.88 Å². The Labute approximate surface area is 232 Å². The number of fused-ring (bicyclic) bond motifs is 1. The van der Waals surface area contributed by atoms with Crippen molar-refractivity contribution in [1.29, 1.82) is 0 Å². The molecule has 0 bridgehead atoms. The van der Waals surface area contributed by atoms with Gasteiger partial charge in [-0.15, -0.1) is 0 Å². The summed E-state index contributed by atoms with van der Waals surface area (Å²) in [4.78, 5) is 23.0. The number of hydrogen-bond donors (Lipinski definition) is 2. The molecule has 1 saturated heterocycles. The number of hydrogen-bond acceptors (Lipinski definition) is 4. The fraction of sp³-hybridized carbons (Fsp3) is 0.182. The van der Waals surface area contributed by atoms with Gasteiger partial charge in [0, 0.05) is 47.7 Å². The van der Waals surface area contributed by atoms with Gasteiger partial charge >= 0.3 is 0 Å². The normalized spacial score (nSPS) is 14.6. The molecule has 4 heterocycles. The number of aromatic amines is 2. The Hall–Kier alpha value is -4.62. The SMILES string of the molecule is Fc1ccc2nc(C3CCN(Cc4ccc(-c5ncc(-c6ncc[nH]6)cc5-c5ccccc5)cc4)CC3)[nH]c2c1. The predicted octanol–water partition coefficient (Wildman–Crippen LogP) is 7.20. The molecular weight excluding hydrogens is 499 g/mol. The number of pyridine rings is 1. The summed E-state index contributed by atoms with van der Waals surface area (Å²) < 4.78 is 13.6. The lowest BCUT2D eigenvalue weighted by Gasteiger charge is -2.31. The number of imidazole rings is 2. The molecule has 2 N–H and O–H groups in total. The smallest absolute Gasteiger partial charge is 0.138 e. The Morgan fingerprint density at radius 1 is 0.850 bits per heavy atom. The molecule has 1 aliphatic heterocycles. The first-order valence-corrected chi connectivity index (χ1v) is 13.7. The number of nitrogens with zero attached hydrogens (tertiary/aromatic N) is 4. The van der Waals surface area contributed by atoms with E-state index in [0.717, 1.165) is 83.1 Å². The van der Waals surface area contributed by atoms with E-state index in [1.54, 1.807) is 12.3 Å². The first-order chi connectivity index (χ1) is 19.7. The van der Waals surface area contributed by atoms with Crippen molar-refractivity contribution in [2.24, 2.45) is 0 Å². The summed E-state index contributed by atoms with van der Waals surface area (Å²) in [5, 5.41) is 0. The number of aromatic nitrogens is 5. The van der Waals surface area contributed by atoms with Crippen molar-refractivity contribution >= 4 is 11.0 Å². The molecule has 1 fully saturated rings. The molecule has 198 valence electrons. The molecular formula is C33H29FN6. The van der Waals surface area contributed by atoms with Crippen LogP contribution in [0.2, 0.25) is 0 Å². The van der Waals surface area contributed by atoms with Crippen molar-refractivity contribution in [3.63, 3.8) is 0 Å². The maximum Gasteiger partial charge on any atom is 0.138 e. The van der Waals surface area contributed by atoms with E-state index in [0.29, 0.717) is 5.92 Å². The minimum absolute atomic E-state index is 0.235. The molecule has 3 aromatic heterocycles. The molecule has 3 aromatic carbocycles. The highest BCUT2D eigenvalue weighted by Gasteiger charge is 2.23. The third kappa shape index (κ3) is 4.92. The number of rotatable bonds is 6. The van der Waals surface area contributed by atoms with E-state index in [1.165, 1.54) is 17.7 Å². The van der Waals surface area contributed by atoms with Crippen LogP contribution in [0, 0.1) is 5.82 Å². The van der Waals surface area contributed by atoms with E-state index in [9.17, 15) is 4.39 Å². The van der Waals surface area contributed by atoms with Crippen LogP contribution in [0.4, 0.5) is 4.39 Å². The lowest BCUT2D eigenvalue weighted by atomic mass is 9.95. The molecule has 6 nitrogen and oxygen atoms in total. The number of halogens is 1. The maximum atomic E-state index is 13.6. The van der Waals surface area contributed by atoms with Gasteiger partial charge in [-0.2, -0.15) is 0 Å². The van der Waals surface area contributed by atoms with Crippen LogP contribution in [0.5, 0.6) is 0 Å². The standard InChI is InChI=1S/C33H29FN6/c34-27-10-11-29-30(19-27)39-33(38-29)25-12-16-40(17-13-25)21-22-6-8-24(9-7-22)31-28(23-4-2-1-3-5-23)18-26(20-37-31)32-35-14-15-36-32/h1-11,14-15,18-20,25H,12-13,16-17,21H2,(H,35,36)(H,38,39). The summed E-state index contributed by atoms with van der Waals surface area (Å²) in [6, 6.07) is 26.1. The minimum atomic E-state index is -0.235. The van der Waals surface area contributed by atoms with E-state index >= 15 is 0 Å². The van der Waals surface area contributed by atoms with Gasteiger partial charge in [-0.1, -0.05) is 54.6 Å². The topological polar surface area (TPSA) is 73.5 Å². The number of likely N-dealkylation sites (tertiary alicyclic amines) is 1. The van der Waals surface area contributed by atoms with Gasteiger partial charge in [-0.05, 0) is 61.3 Å². The van der Waals surface area contributed by atoms with Crippen LogP contribution in [0.15, 0.2) is 97.5 Å². The van der Waals surface area contributed by atoms with Crippen molar-refractivity contribution in [2.75, 3.05) is 13.1 Å². The fourth-order valence-corrected chi connectivity index (χ4v) is 5.67. The zero-order valence-electron chi connectivity index (χ0n) is 22.0. The average Bonchev–Trinajstić information content (AvgIpc) is 3.69. The summed E-state index contributed by atoms with van der Waals surface area (Å²) in [5.41, 5.74) is 8.11. The van der Waals surface area contributed by atoms with Crippen molar-refractivity contribution in [3.8, 4) is 33.8 Å². The average molecular weight is 529 g/mol. The Bertz CT molecular complexity index is 1730. The van der Waals surface area contributed by atoms with Crippen molar-refractivity contribution < 1.29 is 4.39 Å². The zero-order chi connectivity index (χ0) is 26.9. The molecule has 0 amide bonds. The molecule has 40 heavy (non-hydrogen) atoms. The molecule has 0 atom stereocenters. The number of piperidine rings is 1.